The standard InChI is InChI=1S/C16H31N3/c1-4-19(11-7-10-16(2,3)13-18)15-9-6-5-8-14(15)12-17/h14-15H,4-12,17H2,1-3H3. The molecule has 2 N–H and O–H groups in total. The average Bonchev–Trinajstić information content (AvgIpc) is 2.43. The highest BCUT2D eigenvalue weighted by molar-refractivity contribution is 4.92. The first-order chi connectivity index (χ1) is 9.04. The largest absolute Gasteiger partial charge is 0.330 e. The van der Waals surface area contributed by atoms with Gasteiger partial charge in [0.25, 0.3) is 0 Å². The zero-order valence-electron chi connectivity index (χ0n) is 13.0. The van der Waals surface area contributed by atoms with Crippen LogP contribution in [0.2, 0.25) is 0 Å². The molecule has 1 aliphatic rings. The van der Waals surface area contributed by atoms with Crippen LogP contribution >= 0.6 is 0 Å². The van der Waals surface area contributed by atoms with Gasteiger partial charge in [0.15, 0.2) is 0 Å². The number of nitriles is 1. The van der Waals surface area contributed by atoms with Crippen molar-refractivity contribution in [1.29, 1.82) is 5.26 Å². The molecule has 0 aromatic heterocycles. The van der Waals surface area contributed by atoms with Crippen LogP contribution in [0.5, 0.6) is 0 Å². The van der Waals surface area contributed by atoms with Gasteiger partial charge >= 0.3 is 0 Å². The van der Waals surface area contributed by atoms with Gasteiger partial charge in [-0.1, -0.05) is 19.8 Å². The summed E-state index contributed by atoms with van der Waals surface area (Å²) in [6.07, 6.45) is 7.39. The Labute approximate surface area is 119 Å². The van der Waals surface area contributed by atoms with Crippen LogP contribution < -0.4 is 5.73 Å². The maximum atomic E-state index is 9.07. The molecule has 1 fully saturated rings. The Hall–Kier alpha value is -0.590. The molecule has 0 bridgehead atoms. The Kier molecular flexibility index (Phi) is 6.82. The van der Waals surface area contributed by atoms with Gasteiger partial charge in [-0.05, 0) is 65.1 Å². The lowest BCUT2D eigenvalue weighted by atomic mass is 9.83. The normalized spacial score (nSPS) is 24.4. The average molecular weight is 265 g/mol. The lowest BCUT2D eigenvalue weighted by Gasteiger charge is -2.39. The maximum absolute atomic E-state index is 9.07. The van der Waals surface area contributed by atoms with Crippen molar-refractivity contribution in [3.8, 4) is 6.07 Å². The third kappa shape index (κ3) is 5.12. The summed E-state index contributed by atoms with van der Waals surface area (Å²) in [5, 5.41) is 9.07. The molecule has 0 saturated heterocycles. The van der Waals surface area contributed by atoms with Crippen molar-refractivity contribution in [2.45, 2.75) is 65.3 Å². The summed E-state index contributed by atoms with van der Waals surface area (Å²) < 4.78 is 0. The molecule has 19 heavy (non-hydrogen) atoms. The summed E-state index contributed by atoms with van der Waals surface area (Å²) in [6.45, 7) is 9.36. The van der Waals surface area contributed by atoms with Crippen molar-refractivity contribution < 1.29 is 0 Å². The molecule has 0 amide bonds. The van der Waals surface area contributed by atoms with E-state index in [9.17, 15) is 0 Å². The topological polar surface area (TPSA) is 53.0 Å². The molecule has 3 nitrogen and oxygen atoms in total. The van der Waals surface area contributed by atoms with Gasteiger partial charge in [-0.2, -0.15) is 5.26 Å². The second kappa shape index (κ2) is 7.87. The van der Waals surface area contributed by atoms with Crippen LogP contribution in [0, 0.1) is 22.7 Å². The first kappa shape index (κ1) is 16.5. The fourth-order valence-corrected chi connectivity index (χ4v) is 3.28. The van der Waals surface area contributed by atoms with Crippen LogP contribution in [0.1, 0.15) is 59.3 Å². The summed E-state index contributed by atoms with van der Waals surface area (Å²) in [6, 6.07) is 3.07. The summed E-state index contributed by atoms with van der Waals surface area (Å²) in [5.74, 6) is 0.678. The van der Waals surface area contributed by atoms with Crippen molar-refractivity contribution in [3.63, 3.8) is 0 Å². The highest BCUT2D eigenvalue weighted by Crippen LogP contribution is 2.29. The van der Waals surface area contributed by atoms with Gasteiger partial charge in [-0.15, -0.1) is 0 Å². The molecular formula is C16H31N3. The van der Waals surface area contributed by atoms with E-state index >= 15 is 0 Å². The van der Waals surface area contributed by atoms with Gasteiger partial charge < -0.3 is 10.6 Å². The highest BCUT2D eigenvalue weighted by Gasteiger charge is 2.28. The summed E-state index contributed by atoms with van der Waals surface area (Å²) in [4.78, 5) is 2.60. The van der Waals surface area contributed by atoms with Crippen molar-refractivity contribution >= 4 is 0 Å². The maximum Gasteiger partial charge on any atom is 0.0683 e. The predicted octanol–water partition coefficient (Wildman–Crippen LogP) is 3.16. The van der Waals surface area contributed by atoms with Crippen LogP contribution in [0.4, 0.5) is 0 Å². The Morgan fingerprint density at radius 2 is 2.00 bits per heavy atom. The van der Waals surface area contributed by atoms with Crippen LogP contribution in [-0.2, 0) is 0 Å². The van der Waals surface area contributed by atoms with E-state index in [4.69, 9.17) is 11.0 Å². The van der Waals surface area contributed by atoms with E-state index < -0.39 is 0 Å². The van der Waals surface area contributed by atoms with Gasteiger partial charge in [-0.25, -0.2) is 0 Å². The molecule has 3 heteroatoms. The van der Waals surface area contributed by atoms with Gasteiger partial charge in [-0.3, -0.25) is 0 Å². The molecular weight excluding hydrogens is 234 g/mol. The van der Waals surface area contributed by atoms with E-state index in [1.807, 2.05) is 13.8 Å². The van der Waals surface area contributed by atoms with Crippen molar-refractivity contribution in [3.05, 3.63) is 0 Å². The molecule has 2 unspecified atom stereocenters. The number of nitrogens with two attached hydrogens (primary N) is 1. The molecule has 2 atom stereocenters. The van der Waals surface area contributed by atoms with Crippen LogP contribution in [0.25, 0.3) is 0 Å². The molecule has 0 heterocycles. The Balaban J connectivity index is 2.46. The van der Waals surface area contributed by atoms with Gasteiger partial charge in [0.1, 0.15) is 0 Å². The summed E-state index contributed by atoms with van der Waals surface area (Å²) in [5.41, 5.74) is 5.75. The third-order valence-electron chi connectivity index (χ3n) is 4.60. The summed E-state index contributed by atoms with van der Waals surface area (Å²) in [7, 11) is 0. The Bertz CT molecular complexity index is 293. The molecule has 110 valence electrons. The Morgan fingerprint density at radius 3 is 2.58 bits per heavy atom. The van der Waals surface area contributed by atoms with Crippen LogP contribution in [0.3, 0.4) is 0 Å². The van der Waals surface area contributed by atoms with E-state index in [0.29, 0.717) is 12.0 Å². The van der Waals surface area contributed by atoms with Gasteiger partial charge in [0.2, 0.25) is 0 Å². The number of rotatable bonds is 7. The molecule has 0 radical (unpaired) electrons. The zero-order chi connectivity index (χ0) is 14.3. The fraction of sp³-hybridized carbons (Fsp3) is 0.938. The molecule has 0 aromatic rings. The van der Waals surface area contributed by atoms with Gasteiger partial charge in [0.05, 0.1) is 11.5 Å². The number of nitrogens with zero attached hydrogens (tertiary/aromatic N) is 2. The molecule has 1 saturated carbocycles. The lowest BCUT2D eigenvalue weighted by Crippen LogP contribution is -2.45. The van der Waals surface area contributed by atoms with Crippen molar-refractivity contribution in [2.75, 3.05) is 19.6 Å². The minimum atomic E-state index is -0.181. The van der Waals surface area contributed by atoms with E-state index in [-0.39, 0.29) is 5.41 Å². The van der Waals surface area contributed by atoms with Gasteiger partial charge in [0, 0.05) is 6.04 Å². The van der Waals surface area contributed by atoms with Crippen LogP contribution in [0.15, 0.2) is 0 Å². The van der Waals surface area contributed by atoms with E-state index in [0.717, 1.165) is 32.5 Å². The molecule has 0 spiro atoms. The second-order valence-electron chi connectivity index (χ2n) is 6.58. The first-order valence-electron chi connectivity index (χ1n) is 7.89. The molecule has 0 aliphatic heterocycles. The van der Waals surface area contributed by atoms with E-state index in [1.165, 1.54) is 25.7 Å². The van der Waals surface area contributed by atoms with Crippen molar-refractivity contribution in [1.82, 2.24) is 4.90 Å². The molecule has 0 aromatic carbocycles. The molecule has 1 aliphatic carbocycles. The summed E-state index contributed by atoms with van der Waals surface area (Å²) >= 11 is 0. The SMILES string of the molecule is CCN(CCCC(C)(C)C#N)C1CCCCC1CN. The fourth-order valence-electron chi connectivity index (χ4n) is 3.28. The highest BCUT2D eigenvalue weighted by atomic mass is 15.2. The minimum Gasteiger partial charge on any atom is -0.330 e. The van der Waals surface area contributed by atoms with Crippen LogP contribution in [-0.4, -0.2) is 30.6 Å². The zero-order valence-corrected chi connectivity index (χ0v) is 13.0. The minimum absolute atomic E-state index is 0.181. The quantitative estimate of drug-likeness (QED) is 0.769. The second-order valence-corrected chi connectivity index (χ2v) is 6.58. The van der Waals surface area contributed by atoms with E-state index in [1.54, 1.807) is 0 Å². The Morgan fingerprint density at radius 1 is 1.32 bits per heavy atom. The number of hydrogen-bond donors (Lipinski definition) is 1. The van der Waals surface area contributed by atoms with E-state index in [2.05, 4.69) is 17.9 Å². The number of hydrogen-bond acceptors (Lipinski definition) is 3. The smallest absolute Gasteiger partial charge is 0.0683 e. The van der Waals surface area contributed by atoms with Crippen molar-refractivity contribution in [2.24, 2.45) is 17.1 Å². The first-order valence-corrected chi connectivity index (χ1v) is 7.89. The molecule has 1 rings (SSSR count). The lowest BCUT2D eigenvalue weighted by molar-refractivity contribution is 0.108. The third-order valence-corrected chi connectivity index (χ3v) is 4.60. The predicted molar refractivity (Wildman–Crippen MR) is 80.7 cm³/mol. The monoisotopic (exact) mass is 265 g/mol.